The molecule has 0 atom stereocenters. The summed E-state index contributed by atoms with van der Waals surface area (Å²) in [6.07, 6.45) is 1.46. The number of benzene rings is 3. The van der Waals surface area contributed by atoms with Crippen LogP contribution in [-0.4, -0.2) is 24.6 Å². The molecule has 3 rings (SSSR count). The number of anilines is 1. The second kappa shape index (κ2) is 13.9. The van der Waals surface area contributed by atoms with Crippen molar-refractivity contribution < 1.29 is 19.1 Å². The molecule has 3 aromatic rings. The van der Waals surface area contributed by atoms with E-state index in [-0.39, 0.29) is 25.4 Å². The Kier molecular flexibility index (Phi) is 10.6. The fraction of sp³-hybridized carbons (Fsp3) is 0.222. The van der Waals surface area contributed by atoms with Crippen LogP contribution in [-0.2, 0) is 16.2 Å². The van der Waals surface area contributed by atoms with E-state index in [1.165, 1.54) is 6.21 Å². The van der Waals surface area contributed by atoms with Crippen LogP contribution in [0.3, 0.4) is 0 Å². The van der Waals surface area contributed by atoms with Gasteiger partial charge in [0.15, 0.2) is 11.5 Å². The van der Waals surface area contributed by atoms with Gasteiger partial charge in [-0.3, -0.25) is 9.59 Å². The molecule has 0 fully saturated rings. The Morgan fingerprint density at radius 3 is 2.41 bits per heavy atom. The molecule has 2 amide bonds. The maximum Gasteiger partial charge on any atom is 0.240 e. The van der Waals surface area contributed by atoms with Gasteiger partial charge in [-0.05, 0) is 67.4 Å². The third kappa shape index (κ3) is 8.97. The van der Waals surface area contributed by atoms with Gasteiger partial charge in [-0.1, -0.05) is 46.9 Å². The van der Waals surface area contributed by atoms with Gasteiger partial charge in [0.2, 0.25) is 11.8 Å². The van der Waals surface area contributed by atoms with Crippen LogP contribution in [0.25, 0.3) is 0 Å². The number of rotatable bonds is 11. The van der Waals surface area contributed by atoms with Crippen molar-refractivity contribution in [3.8, 4) is 11.5 Å². The smallest absolute Gasteiger partial charge is 0.240 e. The molecular formula is C27H26Cl3N3O4. The van der Waals surface area contributed by atoms with Crippen LogP contribution in [0.1, 0.15) is 36.5 Å². The van der Waals surface area contributed by atoms with Crippen LogP contribution < -0.4 is 20.2 Å². The van der Waals surface area contributed by atoms with Crippen molar-refractivity contribution in [1.82, 2.24) is 5.43 Å². The van der Waals surface area contributed by atoms with E-state index in [1.807, 2.05) is 19.9 Å². The maximum absolute atomic E-state index is 12.1. The Morgan fingerprint density at radius 1 is 0.892 bits per heavy atom. The lowest BCUT2D eigenvalue weighted by Gasteiger charge is -2.13. The van der Waals surface area contributed by atoms with E-state index < -0.39 is 5.91 Å². The number of amides is 2. The quantitative estimate of drug-likeness (QED) is 0.199. The highest BCUT2D eigenvalue weighted by molar-refractivity contribution is 6.35. The average Bonchev–Trinajstić information content (AvgIpc) is 2.85. The summed E-state index contributed by atoms with van der Waals surface area (Å²) in [7, 11) is 0. The number of hydrogen-bond donors (Lipinski definition) is 2. The van der Waals surface area contributed by atoms with Crippen molar-refractivity contribution in [2.24, 2.45) is 5.10 Å². The molecule has 0 bridgehead atoms. The summed E-state index contributed by atoms with van der Waals surface area (Å²) in [5, 5.41) is 8.31. The normalized spacial score (nSPS) is 10.8. The van der Waals surface area contributed by atoms with Crippen molar-refractivity contribution >= 4 is 58.5 Å². The van der Waals surface area contributed by atoms with E-state index in [2.05, 4.69) is 15.8 Å². The van der Waals surface area contributed by atoms with E-state index in [1.54, 1.807) is 48.5 Å². The standard InChI is InChI=1S/C27H26Cl3N3O4/c1-3-36-25-12-18(5-9-24(25)37-16-19-6-7-20(28)13-23(19)30)15-31-33-27(35)11-10-26(34)32-21-8-4-17(2)22(29)14-21/h4-9,12-15H,3,10-11,16H2,1-2H3,(H,32,34)(H,33,35). The lowest BCUT2D eigenvalue weighted by molar-refractivity contribution is -0.124. The monoisotopic (exact) mass is 561 g/mol. The molecule has 2 N–H and O–H groups in total. The van der Waals surface area contributed by atoms with Crippen LogP contribution in [0.15, 0.2) is 59.7 Å². The van der Waals surface area contributed by atoms with Crippen molar-refractivity contribution in [2.75, 3.05) is 11.9 Å². The van der Waals surface area contributed by atoms with Gasteiger partial charge in [0.25, 0.3) is 0 Å². The van der Waals surface area contributed by atoms with Gasteiger partial charge in [0.1, 0.15) is 6.61 Å². The Hall–Kier alpha value is -3.26. The SMILES string of the molecule is CCOc1cc(C=NNC(=O)CCC(=O)Nc2ccc(C)c(Cl)c2)ccc1OCc1ccc(Cl)cc1Cl. The first-order valence-electron chi connectivity index (χ1n) is 11.5. The first kappa shape index (κ1) is 28.3. The molecule has 0 heterocycles. The minimum absolute atomic E-state index is 0.00497. The summed E-state index contributed by atoms with van der Waals surface area (Å²) in [5.41, 5.74) is 5.39. The molecule has 0 saturated heterocycles. The molecule has 0 unspecified atom stereocenters. The van der Waals surface area contributed by atoms with Crippen LogP contribution in [0.4, 0.5) is 5.69 Å². The summed E-state index contributed by atoms with van der Waals surface area (Å²) < 4.78 is 11.6. The molecule has 0 aliphatic rings. The first-order valence-corrected chi connectivity index (χ1v) is 12.6. The molecule has 0 spiro atoms. The van der Waals surface area contributed by atoms with Crippen molar-refractivity contribution in [3.05, 3.63) is 86.4 Å². The Morgan fingerprint density at radius 2 is 1.68 bits per heavy atom. The molecular weight excluding hydrogens is 537 g/mol. The van der Waals surface area contributed by atoms with Crippen molar-refractivity contribution in [1.29, 1.82) is 0 Å². The molecule has 0 saturated carbocycles. The fourth-order valence-electron chi connectivity index (χ4n) is 3.14. The Labute approximate surface area is 230 Å². The minimum Gasteiger partial charge on any atom is -0.490 e. The number of carbonyl (C=O) groups is 2. The third-order valence-electron chi connectivity index (χ3n) is 5.10. The fourth-order valence-corrected chi connectivity index (χ4v) is 3.79. The van der Waals surface area contributed by atoms with Gasteiger partial charge in [0.05, 0.1) is 12.8 Å². The number of carbonyl (C=O) groups excluding carboxylic acids is 2. The predicted molar refractivity (Wildman–Crippen MR) is 148 cm³/mol. The zero-order chi connectivity index (χ0) is 26.8. The number of nitrogens with one attached hydrogen (secondary N) is 2. The predicted octanol–water partition coefficient (Wildman–Crippen LogP) is 6.80. The molecule has 0 radical (unpaired) electrons. The molecule has 0 aliphatic carbocycles. The van der Waals surface area contributed by atoms with Gasteiger partial charge in [-0.15, -0.1) is 0 Å². The van der Waals surface area contributed by atoms with Crippen molar-refractivity contribution in [3.63, 3.8) is 0 Å². The molecule has 0 aliphatic heterocycles. The molecule has 0 aromatic heterocycles. The number of aryl methyl sites for hydroxylation is 1. The second-order valence-corrected chi connectivity index (χ2v) is 9.22. The van der Waals surface area contributed by atoms with Gasteiger partial charge in [-0.2, -0.15) is 5.10 Å². The maximum atomic E-state index is 12.1. The number of nitrogens with zero attached hydrogens (tertiary/aromatic N) is 1. The van der Waals surface area contributed by atoms with Gasteiger partial charge < -0.3 is 14.8 Å². The average molecular weight is 563 g/mol. The summed E-state index contributed by atoms with van der Waals surface area (Å²) in [6.45, 7) is 4.42. The van der Waals surface area contributed by atoms with Crippen LogP contribution in [0, 0.1) is 6.92 Å². The lowest BCUT2D eigenvalue weighted by Crippen LogP contribution is -2.20. The minimum atomic E-state index is -0.391. The molecule has 37 heavy (non-hydrogen) atoms. The largest absolute Gasteiger partial charge is 0.490 e. The number of ether oxygens (including phenoxy) is 2. The summed E-state index contributed by atoms with van der Waals surface area (Å²) in [6, 6.07) is 15.7. The van der Waals surface area contributed by atoms with E-state index in [0.717, 1.165) is 11.1 Å². The Balaban J connectivity index is 1.51. The third-order valence-corrected chi connectivity index (χ3v) is 6.10. The van der Waals surface area contributed by atoms with Crippen LogP contribution in [0.5, 0.6) is 11.5 Å². The summed E-state index contributed by atoms with van der Waals surface area (Å²) in [4.78, 5) is 24.2. The van der Waals surface area contributed by atoms with E-state index in [9.17, 15) is 9.59 Å². The first-order chi connectivity index (χ1) is 17.7. The summed E-state index contributed by atoms with van der Waals surface area (Å²) >= 11 is 18.2. The van der Waals surface area contributed by atoms with Crippen LogP contribution in [0.2, 0.25) is 15.1 Å². The highest BCUT2D eigenvalue weighted by Gasteiger charge is 2.10. The van der Waals surface area contributed by atoms with Gasteiger partial charge >= 0.3 is 0 Å². The topological polar surface area (TPSA) is 89.0 Å². The van der Waals surface area contributed by atoms with E-state index in [0.29, 0.717) is 44.4 Å². The zero-order valence-corrected chi connectivity index (χ0v) is 22.6. The van der Waals surface area contributed by atoms with E-state index >= 15 is 0 Å². The van der Waals surface area contributed by atoms with Crippen LogP contribution >= 0.6 is 34.8 Å². The molecule has 10 heteroatoms. The Bertz CT molecular complexity index is 1300. The number of hydrogen-bond acceptors (Lipinski definition) is 5. The van der Waals surface area contributed by atoms with Gasteiger partial charge in [-0.25, -0.2) is 5.43 Å². The second-order valence-electron chi connectivity index (χ2n) is 7.97. The highest BCUT2D eigenvalue weighted by atomic mass is 35.5. The van der Waals surface area contributed by atoms with E-state index in [4.69, 9.17) is 44.3 Å². The summed E-state index contributed by atoms with van der Waals surface area (Å²) in [5.74, 6) is 0.375. The van der Waals surface area contributed by atoms with Crippen molar-refractivity contribution in [2.45, 2.75) is 33.3 Å². The zero-order valence-electron chi connectivity index (χ0n) is 20.3. The number of halogens is 3. The highest BCUT2D eigenvalue weighted by Crippen LogP contribution is 2.30. The molecule has 194 valence electrons. The molecule has 7 nitrogen and oxygen atoms in total. The van der Waals surface area contributed by atoms with Gasteiger partial charge in [0, 0.05) is 39.2 Å². The number of hydrazone groups is 1. The lowest BCUT2D eigenvalue weighted by atomic mass is 10.2. The molecule has 3 aromatic carbocycles.